The van der Waals surface area contributed by atoms with E-state index in [1.807, 2.05) is 0 Å². The van der Waals surface area contributed by atoms with Crippen LogP contribution in [0.5, 0.6) is 0 Å². The average Bonchev–Trinajstić information content (AvgIpc) is 2.22. The molecular formula is C11H13ClFNO2. The summed E-state index contributed by atoms with van der Waals surface area (Å²) in [5.41, 5.74) is 6.32. The van der Waals surface area contributed by atoms with Gasteiger partial charge in [-0.3, -0.25) is 4.79 Å². The average molecular weight is 246 g/mol. The van der Waals surface area contributed by atoms with Crippen molar-refractivity contribution in [1.82, 2.24) is 0 Å². The zero-order valence-corrected chi connectivity index (χ0v) is 9.75. The second-order valence-corrected chi connectivity index (χ2v) is 4.12. The van der Waals surface area contributed by atoms with E-state index in [1.165, 1.54) is 6.07 Å². The quantitative estimate of drug-likeness (QED) is 0.859. The highest BCUT2D eigenvalue weighted by molar-refractivity contribution is 6.32. The molecule has 0 aliphatic rings. The largest absolute Gasteiger partial charge is 0.480 e. The van der Waals surface area contributed by atoms with Crippen LogP contribution in [0.1, 0.15) is 24.0 Å². The molecular weight excluding hydrogens is 233 g/mol. The predicted molar refractivity (Wildman–Crippen MR) is 60.2 cm³/mol. The number of aliphatic carboxylic acids is 1. The normalized spacial score (nSPS) is 14.6. The lowest BCUT2D eigenvalue weighted by Crippen LogP contribution is -2.35. The zero-order chi connectivity index (χ0) is 12.5. The Morgan fingerprint density at radius 2 is 2.12 bits per heavy atom. The summed E-state index contributed by atoms with van der Waals surface area (Å²) in [6, 6.07) is 1.63. The molecule has 0 heterocycles. The first-order valence-electron chi connectivity index (χ1n) is 4.79. The lowest BCUT2D eigenvalue weighted by atomic mass is 9.92. The van der Waals surface area contributed by atoms with Gasteiger partial charge in [-0.1, -0.05) is 24.6 Å². The maximum Gasteiger partial charge on any atom is 0.321 e. The molecule has 2 atom stereocenters. The van der Waals surface area contributed by atoms with Crippen LogP contribution in [0.25, 0.3) is 0 Å². The molecule has 3 N–H and O–H groups in total. The molecule has 16 heavy (non-hydrogen) atoms. The van der Waals surface area contributed by atoms with Crippen LogP contribution >= 0.6 is 11.6 Å². The van der Waals surface area contributed by atoms with Crippen LogP contribution in [0.15, 0.2) is 12.1 Å². The van der Waals surface area contributed by atoms with Crippen molar-refractivity contribution >= 4 is 17.6 Å². The smallest absolute Gasteiger partial charge is 0.321 e. The van der Waals surface area contributed by atoms with Gasteiger partial charge in [-0.15, -0.1) is 0 Å². The van der Waals surface area contributed by atoms with Gasteiger partial charge in [0.05, 0.1) is 0 Å². The molecule has 1 rings (SSSR count). The van der Waals surface area contributed by atoms with E-state index in [0.29, 0.717) is 5.56 Å². The summed E-state index contributed by atoms with van der Waals surface area (Å²) in [7, 11) is 0. The molecule has 0 fully saturated rings. The predicted octanol–water partition coefficient (Wildman–Crippen LogP) is 2.30. The molecule has 5 heteroatoms. The standard InChI is InChI=1S/C11H13ClFNO2/c1-5-3-4-7(13)8(9(5)12)6(2)10(14)11(15)16/h3-4,6,10H,14H2,1-2H3,(H,15,16). The number of aryl methyl sites for hydroxylation is 1. The van der Waals surface area contributed by atoms with E-state index in [0.717, 1.165) is 0 Å². The van der Waals surface area contributed by atoms with Gasteiger partial charge in [-0.25, -0.2) is 4.39 Å². The fourth-order valence-electron chi connectivity index (χ4n) is 1.49. The summed E-state index contributed by atoms with van der Waals surface area (Å²) in [5.74, 6) is -2.38. The zero-order valence-electron chi connectivity index (χ0n) is 9.00. The van der Waals surface area contributed by atoms with Crippen LogP contribution in [0.4, 0.5) is 4.39 Å². The van der Waals surface area contributed by atoms with Gasteiger partial charge in [0.25, 0.3) is 0 Å². The van der Waals surface area contributed by atoms with Crippen molar-refractivity contribution in [3.05, 3.63) is 34.1 Å². The van der Waals surface area contributed by atoms with Crippen molar-refractivity contribution in [3.8, 4) is 0 Å². The van der Waals surface area contributed by atoms with E-state index < -0.39 is 23.7 Å². The summed E-state index contributed by atoms with van der Waals surface area (Å²) < 4.78 is 13.6. The highest BCUT2D eigenvalue weighted by atomic mass is 35.5. The molecule has 1 aromatic carbocycles. The van der Waals surface area contributed by atoms with E-state index in [2.05, 4.69) is 0 Å². The van der Waals surface area contributed by atoms with E-state index in [4.69, 9.17) is 22.4 Å². The van der Waals surface area contributed by atoms with Crippen molar-refractivity contribution < 1.29 is 14.3 Å². The second kappa shape index (κ2) is 4.80. The highest BCUT2D eigenvalue weighted by Crippen LogP contribution is 2.31. The maximum atomic E-state index is 13.6. The van der Waals surface area contributed by atoms with E-state index in [9.17, 15) is 9.18 Å². The summed E-state index contributed by atoms with van der Waals surface area (Å²) in [5, 5.41) is 9.01. The Morgan fingerprint density at radius 3 is 2.62 bits per heavy atom. The van der Waals surface area contributed by atoms with Gasteiger partial charge in [0.2, 0.25) is 0 Å². The minimum absolute atomic E-state index is 0.163. The molecule has 0 aromatic heterocycles. The number of carboxylic acids is 1. The van der Waals surface area contributed by atoms with Crippen molar-refractivity contribution in [2.45, 2.75) is 25.8 Å². The van der Waals surface area contributed by atoms with E-state index in [-0.39, 0.29) is 10.6 Å². The summed E-state index contributed by atoms with van der Waals surface area (Å²) in [6.45, 7) is 3.27. The van der Waals surface area contributed by atoms with Crippen LogP contribution in [-0.2, 0) is 4.79 Å². The van der Waals surface area contributed by atoms with Crippen LogP contribution in [-0.4, -0.2) is 17.1 Å². The molecule has 88 valence electrons. The lowest BCUT2D eigenvalue weighted by molar-refractivity contribution is -0.139. The summed E-state index contributed by atoms with van der Waals surface area (Å²) in [4.78, 5) is 10.7. The van der Waals surface area contributed by atoms with Crippen LogP contribution in [0.2, 0.25) is 5.02 Å². The topological polar surface area (TPSA) is 63.3 Å². The van der Waals surface area contributed by atoms with Crippen molar-refractivity contribution in [3.63, 3.8) is 0 Å². The second-order valence-electron chi connectivity index (χ2n) is 3.74. The molecule has 0 saturated carbocycles. The Bertz CT molecular complexity index is 423. The molecule has 0 aliphatic carbocycles. The van der Waals surface area contributed by atoms with Crippen LogP contribution in [0.3, 0.4) is 0 Å². The maximum absolute atomic E-state index is 13.6. The molecule has 0 radical (unpaired) electrons. The number of hydrogen-bond acceptors (Lipinski definition) is 2. The Labute approximate surface area is 98.0 Å². The molecule has 0 saturated heterocycles. The lowest BCUT2D eigenvalue weighted by Gasteiger charge is -2.19. The van der Waals surface area contributed by atoms with Crippen molar-refractivity contribution in [2.24, 2.45) is 5.73 Å². The Kier molecular flexibility index (Phi) is 3.88. The van der Waals surface area contributed by atoms with Gasteiger partial charge in [-0.05, 0) is 18.6 Å². The number of benzene rings is 1. The molecule has 0 amide bonds. The van der Waals surface area contributed by atoms with Gasteiger partial charge in [0, 0.05) is 16.5 Å². The fourth-order valence-corrected chi connectivity index (χ4v) is 1.81. The number of nitrogens with two attached hydrogens (primary N) is 1. The minimum atomic E-state index is -1.18. The number of carboxylic acid groups (broad SMARTS) is 1. The molecule has 3 nitrogen and oxygen atoms in total. The van der Waals surface area contributed by atoms with Crippen LogP contribution in [0, 0.1) is 12.7 Å². The number of carbonyl (C=O) groups is 1. The third kappa shape index (κ3) is 2.33. The van der Waals surface area contributed by atoms with Crippen LogP contribution < -0.4 is 5.73 Å². The van der Waals surface area contributed by atoms with E-state index in [1.54, 1.807) is 19.9 Å². The van der Waals surface area contributed by atoms with Crippen molar-refractivity contribution in [2.75, 3.05) is 0 Å². The Hall–Kier alpha value is -1.13. The third-order valence-corrected chi connectivity index (χ3v) is 3.10. The van der Waals surface area contributed by atoms with Gasteiger partial charge in [0.1, 0.15) is 11.9 Å². The van der Waals surface area contributed by atoms with Gasteiger partial charge in [0.15, 0.2) is 0 Å². The summed E-state index contributed by atoms with van der Waals surface area (Å²) >= 11 is 5.95. The van der Waals surface area contributed by atoms with Gasteiger partial charge in [-0.2, -0.15) is 0 Å². The Morgan fingerprint density at radius 1 is 1.56 bits per heavy atom. The molecule has 0 aliphatic heterocycles. The third-order valence-electron chi connectivity index (χ3n) is 2.60. The Balaban J connectivity index is 3.22. The molecule has 2 unspecified atom stereocenters. The molecule has 1 aromatic rings. The highest BCUT2D eigenvalue weighted by Gasteiger charge is 2.26. The van der Waals surface area contributed by atoms with Crippen molar-refractivity contribution in [1.29, 1.82) is 0 Å². The summed E-state index contributed by atoms with van der Waals surface area (Å²) in [6.07, 6.45) is 0. The SMILES string of the molecule is Cc1ccc(F)c(C(C)C(N)C(=O)O)c1Cl. The monoisotopic (exact) mass is 245 g/mol. The first kappa shape index (κ1) is 12.9. The minimum Gasteiger partial charge on any atom is -0.480 e. The first-order chi connectivity index (χ1) is 7.36. The van der Waals surface area contributed by atoms with Gasteiger partial charge < -0.3 is 10.8 Å². The number of rotatable bonds is 3. The molecule has 0 spiro atoms. The first-order valence-corrected chi connectivity index (χ1v) is 5.17. The fraction of sp³-hybridized carbons (Fsp3) is 0.364. The number of hydrogen-bond donors (Lipinski definition) is 2. The molecule has 0 bridgehead atoms. The van der Waals surface area contributed by atoms with E-state index >= 15 is 0 Å². The number of halogens is 2. The van der Waals surface area contributed by atoms with Gasteiger partial charge >= 0.3 is 5.97 Å².